The Balaban J connectivity index is 2.95. The van der Waals surface area contributed by atoms with Crippen molar-refractivity contribution in [2.45, 2.75) is 13.3 Å². The standard InChI is InChI=1S/C8H7ClF2O/c1-4-2-5(7(9)12)6(3-4)8(10)11/h2-4,8H,1H3. The number of alkyl halides is 2. The van der Waals surface area contributed by atoms with Gasteiger partial charge in [0, 0.05) is 11.1 Å². The Labute approximate surface area is 73.7 Å². The van der Waals surface area contributed by atoms with Gasteiger partial charge in [-0.25, -0.2) is 8.78 Å². The number of halogens is 3. The molecule has 0 bridgehead atoms. The molecular weight excluding hydrogens is 186 g/mol. The highest BCUT2D eigenvalue weighted by molar-refractivity contribution is 6.68. The van der Waals surface area contributed by atoms with Crippen LogP contribution in [0.3, 0.4) is 0 Å². The Kier molecular flexibility index (Phi) is 2.62. The summed E-state index contributed by atoms with van der Waals surface area (Å²) in [7, 11) is 0. The molecule has 4 heteroatoms. The van der Waals surface area contributed by atoms with Gasteiger partial charge in [-0.05, 0) is 17.5 Å². The van der Waals surface area contributed by atoms with Crippen molar-refractivity contribution in [1.82, 2.24) is 0 Å². The third kappa shape index (κ3) is 1.72. The van der Waals surface area contributed by atoms with Crippen molar-refractivity contribution in [2.75, 3.05) is 0 Å². The summed E-state index contributed by atoms with van der Waals surface area (Å²) in [5, 5.41) is -0.814. The van der Waals surface area contributed by atoms with E-state index in [0.717, 1.165) is 0 Å². The molecule has 1 rings (SSSR count). The van der Waals surface area contributed by atoms with Gasteiger partial charge in [-0.3, -0.25) is 4.79 Å². The second kappa shape index (κ2) is 3.35. The Morgan fingerprint density at radius 1 is 1.58 bits per heavy atom. The first-order chi connectivity index (χ1) is 5.52. The van der Waals surface area contributed by atoms with E-state index in [9.17, 15) is 13.6 Å². The van der Waals surface area contributed by atoms with Crippen molar-refractivity contribution in [3.05, 3.63) is 23.3 Å². The fourth-order valence-corrected chi connectivity index (χ4v) is 1.32. The normalized spacial score (nSPS) is 22.6. The van der Waals surface area contributed by atoms with Crippen LogP contribution in [0.4, 0.5) is 8.78 Å². The highest BCUT2D eigenvalue weighted by atomic mass is 35.5. The van der Waals surface area contributed by atoms with Crippen molar-refractivity contribution in [3.63, 3.8) is 0 Å². The molecular formula is C8H7ClF2O. The third-order valence-electron chi connectivity index (χ3n) is 1.63. The average Bonchev–Trinajstić information content (AvgIpc) is 2.31. The zero-order valence-corrected chi connectivity index (χ0v) is 7.11. The number of hydrogen-bond acceptors (Lipinski definition) is 1. The Morgan fingerprint density at radius 3 is 2.50 bits per heavy atom. The summed E-state index contributed by atoms with van der Waals surface area (Å²) in [5.74, 6) is -0.133. The van der Waals surface area contributed by atoms with Gasteiger partial charge in [-0.2, -0.15) is 0 Å². The fourth-order valence-electron chi connectivity index (χ4n) is 1.15. The van der Waals surface area contributed by atoms with Crippen LogP contribution in [0.15, 0.2) is 23.3 Å². The van der Waals surface area contributed by atoms with Crippen LogP contribution in [0.1, 0.15) is 6.92 Å². The molecule has 0 amide bonds. The van der Waals surface area contributed by atoms with Crippen LogP contribution in [0.2, 0.25) is 0 Å². The first kappa shape index (κ1) is 9.39. The van der Waals surface area contributed by atoms with Crippen LogP contribution in [-0.4, -0.2) is 11.7 Å². The minimum Gasteiger partial charge on any atom is -0.276 e. The van der Waals surface area contributed by atoms with E-state index >= 15 is 0 Å². The first-order valence-corrected chi connectivity index (χ1v) is 3.82. The van der Waals surface area contributed by atoms with Gasteiger partial charge in [0.1, 0.15) is 0 Å². The van der Waals surface area contributed by atoms with E-state index in [4.69, 9.17) is 11.6 Å². The largest absolute Gasteiger partial charge is 0.276 e. The van der Waals surface area contributed by atoms with Gasteiger partial charge < -0.3 is 0 Å². The maximum Gasteiger partial charge on any atom is 0.264 e. The zero-order chi connectivity index (χ0) is 9.30. The molecule has 0 aliphatic heterocycles. The molecule has 0 aromatic heterocycles. The maximum absolute atomic E-state index is 12.2. The average molecular weight is 193 g/mol. The Hall–Kier alpha value is -0.700. The lowest BCUT2D eigenvalue weighted by Crippen LogP contribution is -2.02. The van der Waals surface area contributed by atoms with E-state index in [1.54, 1.807) is 6.92 Å². The van der Waals surface area contributed by atoms with Gasteiger partial charge in [0.05, 0.1) is 0 Å². The van der Waals surface area contributed by atoms with Crippen LogP contribution < -0.4 is 0 Å². The van der Waals surface area contributed by atoms with Gasteiger partial charge in [-0.1, -0.05) is 19.1 Å². The van der Waals surface area contributed by atoms with Crippen molar-refractivity contribution < 1.29 is 13.6 Å². The summed E-state index contributed by atoms with van der Waals surface area (Å²) in [5.41, 5.74) is -0.304. The quantitative estimate of drug-likeness (QED) is 0.615. The molecule has 1 nitrogen and oxygen atoms in total. The highest BCUT2D eigenvalue weighted by Crippen LogP contribution is 2.29. The molecule has 0 radical (unpaired) electrons. The Morgan fingerprint density at radius 2 is 2.17 bits per heavy atom. The van der Waals surface area contributed by atoms with Crippen molar-refractivity contribution in [1.29, 1.82) is 0 Å². The third-order valence-corrected chi connectivity index (χ3v) is 1.83. The summed E-state index contributed by atoms with van der Waals surface area (Å²) in [6, 6.07) is 0. The predicted octanol–water partition coefficient (Wildman–Crippen LogP) is 2.52. The molecule has 0 aromatic rings. The molecule has 0 aromatic carbocycles. The molecule has 0 spiro atoms. The van der Waals surface area contributed by atoms with Crippen molar-refractivity contribution in [2.24, 2.45) is 5.92 Å². The van der Waals surface area contributed by atoms with Gasteiger partial charge in [0.25, 0.3) is 11.7 Å². The lowest BCUT2D eigenvalue weighted by atomic mass is 10.1. The molecule has 1 unspecified atom stereocenters. The van der Waals surface area contributed by atoms with Gasteiger partial charge in [0.2, 0.25) is 0 Å². The lowest BCUT2D eigenvalue weighted by molar-refractivity contribution is -0.108. The minimum absolute atomic E-state index is 0.0563. The molecule has 0 N–H and O–H groups in total. The molecule has 0 saturated carbocycles. The summed E-state index contributed by atoms with van der Waals surface area (Å²) >= 11 is 5.11. The number of carbonyl (C=O) groups is 1. The predicted molar refractivity (Wildman–Crippen MR) is 42.2 cm³/mol. The number of allylic oxidation sites excluding steroid dienone is 4. The fraction of sp³-hybridized carbons (Fsp3) is 0.375. The van der Waals surface area contributed by atoms with E-state index in [-0.39, 0.29) is 17.1 Å². The van der Waals surface area contributed by atoms with Crippen LogP contribution in [-0.2, 0) is 4.79 Å². The zero-order valence-electron chi connectivity index (χ0n) is 6.35. The number of rotatable bonds is 2. The first-order valence-electron chi connectivity index (χ1n) is 3.44. The van der Waals surface area contributed by atoms with Crippen LogP contribution >= 0.6 is 11.6 Å². The van der Waals surface area contributed by atoms with Crippen LogP contribution in [0, 0.1) is 5.92 Å². The summed E-state index contributed by atoms with van der Waals surface area (Å²) < 4.78 is 24.4. The summed E-state index contributed by atoms with van der Waals surface area (Å²) in [6.07, 6.45) is 0.167. The SMILES string of the molecule is CC1C=C(C(=O)Cl)C(C(F)F)=C1. The summed E-state index contributed by atoms with van der Waals surface area (Å²) in [6.45, 7) is 1.72. The molecule has 1 aliphatic rings. The van der Waals surface area contributed by atoms with Crippen molar-refractivity contribution in [3.8, 4) is 0 Å². The van der Waals surface area contributed by atoms with E-state index < -0.39 is 11.7 Å². The van der Waals surface area contributed by atoms with E-state index in [0.29, 0.717) is 0 Å². The molecule has 66 valence electrons. The second-order valence-electron chi connectivity index (χ2n) is 2.64. The van der Waals surface area contributed by atoms with Gasteiger partial charge in [0.15, 0.2) is 0 Å². The van der Waals surface area contributed by atoms with Crippen LogP contribution in [0.25, 0.3) is 0 Å². The van der Waals surface area contributed by atoms with E-state index in [2.05, 4.69) is 0 Å². The molecule has 0 heterocycles. The molecule has 0 saturated heterocycles. The topological polar surface area (TPSA) is 17.1 Å². The van der Waals surface area contributed by atoms with Crippen LogP contribution in [0.5, 0.6) is 0 Å². The lowest BCUT2D eigenvalue weighted by Gasteiger charge is -2.00. The summed E-state index contributed by atoms with van der Waals surface area (Å²) in [4.78, 5) is 10.6. The molecule has 1 atom stereocenters. The smallest absolute Gasteiger partial charge is 0.264 e. The highest BCUT2D eigenvalue weighted by Gasteiger charge is 2.25. The Bertz CT molecular complexity index is 268. The van der Waals surface area contributed by atoms with Crippen molar-refractivity contribution >= 4 is 16.8 Å². The van der Waals surface area contributed by atoms with E-state index in [1.807, 2.05) is 0 Å². The second-order valence-corrected chi connectivity index (χ2v) is 2.98. The van der Waals surface area contributed by atoms with Gasteiger partial charge in [-0.15, -0.1) is 0 Å². The van der Waals surface area contributed by atoms with E-state index in [1.165, 1.54) is 12.2 Å². The monoisotopic (exact) mass is 192 g/mol. The maximum atomic E-state index is 12.2. The minimum atomic E-state index is -2.62. The molecule has 1 aliphatic carbocycles. The number of carbonyl (C=O) groups excluding carboxylic acids is 1. The molecule has 12 heavy (non-hydrogen) atoms. The molecule has 0 fully saturated rings. The number of hydrogen-bond donors (Lipinski definition) is 0. The van der Waals surface area contributed by atoms with Gasteiger partial charge >= 0.3 is 0 Å².